The third-order valence-electron chi connectivity index (χ3n) is 3.71. The fourth-order valence-corrected chi connectivity index (χ4v) is 4.79. The van der Waals surface area contributed by atoms with Gasteiger partial charge in [-0.05, 0) is 24.3 Å². The number of carbonyl (C=O) groups is 1. The molecule has 1 amide bonds. The largest absolute Gasteiger partial charge is 0.325 e. The van der Waals surface area contributed by atoms with Gasteiger partial charge in [-0.25, -0.2) is 0 Å². The van der Waals surface area contributed by atoms with E-state index in [1.54, 1.807) is 11.3 Å². The number of carbonyl (C=O) groups excluding carboxylic acids is 1. The summed E-state index contributed by atoms with van der Waals surface area (Å²) in [6.07, 6.45) is 4.35. The lowest BCUT2D eigenvalue weighted by atomic mass is 9.97. The molecule has 0 aromatic carbocycles. The zero-order valence-electron chi connectivity index (χ0n) is 11.8. The molecule has 0 radical (unpaired) electrons. The highest BCUT2D eigenvalue weighted by atomic mass is 32.2. The second kappa shape index (κ2) is 7.34. The normalized spacial score (nSPS) is 20.7. The molecule has 1 aliphatic heterocycles. The standard InChI is InChI=1S/C15H23NOS2/c1-3-5-7-12(4-2)14(17)16-9-11-19-15(16)13-8-6-10-18-13/h6,8,10,12,15H,3-5,7,9,11H2,1-2H3. The summed E-state index contributed by atoms with van der Waals surface area (Å²) in [7, 11) is 0. The van der Waals surface area contributed by atoms with Gasteiger partial charge in [-0.3, -0.25) is 4.79 Å². The Morgan fingerprint density at radius 2 is 2.37 bits per heavy atom. The maximum atomic E-state index is 12.7. The first-order valence-electron chi connectivity index (χ1n) is 7.23. The van der Waals surface area contributed by atoms with Crippen LogP contribution in [0.15, 0.2) is 17.5 Å². The Labute approximate surface area is 124 Å². The molecule has 1 aromatic rings. The van der Waals surface area contributed by atoms with E-state index in [1.165, 1.54) is 11.3 Å². The Bertz CT molecular complexity index is 391. The van der Waals surface area contributed by atoms with Crippen LogP contribution in [0.2, 0.25) is 0 Å². The average molecular weight is 297 g/mol. The van der Waals surface area contributed by atoms with Crippen LogP contribution in [0.25, 0.3) is 0 Å². The van der Waals surface area contributed by atoms with Crippen LogP contribution in [0, 0.1) is 5.92 Å². The molecule has 1 fully saturated rings. The van der Waals surface area contributed by atoms with Crippen molar-refractivity contribution >= 4 is 29.0 Å². The minimum absolute atomic E-state index is 0.223. The first-order valence-corrected chi connectivity index (χ1v) is 9.16. The fourth-order valence-electron chi connectivity index (χ4n) is 2.55. The smallest absolute Gasteiger partial charge is 0.226 e. The molecular formula is C15H23NOS2. The number of hydrogen-bond acceptors (Lipinski definition) is 3. The van der Waals surface area contributed by atoms with Gasteiger partial charge < -0.3 is 4.90 Å². The molecular weight excluding hydrogens is 274 g/mol. The molecule has 0 aliphatic carbocycles. The van der Waals surface area contributed by atoms with E-state index in [0.29, 0.717) is 5.91 Å². The molecule has 2 nitrogen and oxygen atoms in total. The van der Waals surface area contributed by atoms with E-state index in [4.69, 9.17) is 0 Å². The lowest BCUT2D eigenvalue weighted by Gasteiger charge is -2.27. The van der Waals surface area contributed by atoms with Gasteiger partial charge in [-0.15, -0.1) is 23.1 Å². The summed E-state index contributed by atoms with van der Waals surface area (Å²) >= 11 is 3.67. The van der Waals surface area contributed by atoms with Crippen LogP contribution in [0.4, 0.5) is 0 Å². The van der Waals surface area contributed by atoms with E-state index < -0.39 is 0 Å². The fraction of sp³-hybridized carbons (Fsp3) is 0.667. The number of nitrogens with zero attached hydrogens (tertiary/aromatic N) is 1. The summed E-state index contributed by atoms with van der Waals surface area (Å²) in [4.78, 5) is 16.1. The molecule has 1 aromatic heterocycles. The summed E-state index contributed by atoms with van der Waals surface area (Å²) < 4.78 is 0. The van der Waals surface area contributed by atoms with Gasteiger partial charge in [-0.1, -0.05) is 32.8 Å². The number of hydrogen-bond donors (Lipinski definition) is 0. The predicted molar refractivity (Wildman–Crippen MR) is 84.5 cm³/mol. The Morgan fingerprint density at radius 3 is 3.00 bits per heavy atom. The molecule has 19 heavy (non-hydrogen) atoms. The van der Waals surface area contributed by atoms with Crippen molar-refractivity contribution in [1.82, 2.24) is 4.90 Å². The second-order valence-electron chi connectivity index (χ2n) is 5.02. The van der Waals surface area contributed by atoms with Gasteiger partial charge >= 0.3 is 0 Å². The minimum Gasteiger partial charge on any atom is -0.325 e. The van der Waals surface area contributed by atoms with Crippen LogP contribution in [0.3, 0.4) is 0 Å². The highest BCUT2D eigenvalue weighted by molar-refractivity contribution is 7.99. The summed E-state index contributed by atoms with van der Waals surface area (Å²) in [5.74, 6) is 1.67. The van der Waals surface area contributed by atoms with Crippen molar-refractivity contribution in [3.05, 3.63) is 22.4 Å². The Hall–Kier alpha value is -0.480. The summed E-state index contributed by atoms with van der Waals surface area (Å²) in [6, 6.07) is 4.23. The van der Waals surface area contributed by atoms with Gasteiger partial charge in [0.15, 0.2) is 0 Å². The van der Waals surface area contributed by atoms with E-state index in [0.717, 1.165) is 31.6 Å². The monoisotopic (exact) mass is 297 g/mol. The molecule has 0 bridgehead atoms. The van der Waals surface area contributed by atoms with Crippen LogP contribution in [0.5, 0.6) is 0 Å². The van der Waals surface area contributed by atoms with Crippen molar-refractivity contribution in [3.63, 3.8) is 0 Å². The van der Waals surface area contributed by atoms with Gasteiger partial charge in [0.25, 0.3) is 0 Å². The zero-order valence-corrected chi connectivity index (χ0v) is 13.4. The molecule has 2 rings (SSSR count). The van der Waals surface area contributed by atoms with Crippen molar-refractivity contribution in [2.45, 2.75) is 44.9 Å². The van der Waals surface area contributed by atoms with E-state index >= 15 is 0 Å². The quantitative estimate of drug-likeness (QED) is 0.768. The highest BCUT2D eigenvalue weighted by Crippen LogP contribution is 2.41. The van der Waals surface area contributed by atoms with Crippen molar-refractivity contribution in [2.75, 3.05) is 12.3 Å². The maximum Gasteiger partial charge on any atom is 0.226 e. The number of unbranched alkanes of at least 4 members (excludes halogenated alkanes) is 1. The first-order chi connectivity index (χ1) is 9.27. The number of thioether (sulfide) groups is 1. The summed E-state index contributed by atoms with van der Waals surface area (Å²) in [5.41, 5.74) is 0. The summed E-state index contributed by atoms with van der Waals surface area (Å²) in [5, 5.41) is 2.37. The van der Waals surface area contributed by atoms with Crippen LogP contribution >= 0.6 is 23.1 Å². The van der Waals surface area contributed by atoms with Gasteiger partial charge in [0, 0.05) is 23.1 Å². The average Bonchev–Trinajstić information content (AvgIpc) is 3.09. The predicted octanol–water partition coefficient (Wildman–Crippen LogP) is 4.54. The maximum absolute atomic E-state index is 12.7. The molecule has 0 N–H and O–H groups in total. The van der Waals surface area contributed by atoms with Crippen LogP contribution < -0.4 is 0 Å². The van der Waals surface area contributed by atoms with Crippen molar-refractivity contribution in [1.29, 1.82) is 0 Å². The van der Waals surface area contributed by atoms with E-state index in [9.17, 15) is 4.79 Å². The highest BCUT2D eigenvalue weighted by Gasteiger charge is 2.33. The number of thiophene rings is 1. The van der Waals surface area contributed by atoms with Gasteiger partial charge in [0.1, 0.15) is 5.37 Å². The molecule has 0 spiro atoms. The van der Waals surface area contributed by atoms with Crippen LogP contribution in [-0.4, -0.2) is 23.1 Å². The van der Waals surface area contributed by atoms with Crippen LogP contribution in [-0.2, 0) is 4.79 Å². The van der Waals surface area contributed by atoms with E-state index in [2.05, 4.69) is 36.3 Å². The lowest BCUT2D eigenvalue weighted by molar-refractivity contribution is -0.136. The molecule has 4 heteroatoms. The van der Waals surface area contributed by atoms with Crippen molar-refractivity contribution < 1.29 is 4.79 Å². The lowest BCUT2D eigenvalue weighted by Crippen LogP contribution is -2.35. The molecule has 2 atom stereocenters. The third kappa shape index (κ3) is 3.54. The third-order valence-corrected chi connectivity index (χ3v) is 6.03. The van der Waals surface area contributed by atoms with Crippen molar-refractivity contribution in [2.24, 2.45) is 5.92 Å². The second-order valence-corrected chi connectivity index (χ2v) is 7.18. The Kier molecular flexibility index (Phi) is 5.76. The van der Waals surface area contributed by atoms with Crippen LogP contribution in [0.1, 0.15) is 49.8 Å². The molecule has 0 saturated carbocycles. The number of amides is 1. The first kappa shape index (κ1) is 14.9. The van der Waals surface area contributed by atoms with E-state index in [1.807, 2.05) is 11.8 Å². The topological polar surface area (TPSA) is 20.3 Å². The van der Waals surface area contributed by atoms with E-state index in [-0.39, 0.29) is 11.3 Å². The molecule has 1 saturated heterocycles. The number of rotatable bonds is 6. The molecule has 2 heterocycles. The minimum atomic E-state index is 0.223. The SMILES string of the molecule is CCCCC(CC)C(=O)N1CCSC1c1cccs1. The summed E-state index contributed by atoms with van der Waals surface area (Å²) in [6.45, 7) is 5.24. The molecule has 106 valence electrons. The van der Waals surface area contributed by atoms with Crippen molar-refractivity contribution in [3.8, 4) is 0 Å². The van der Waals surface area contributed by atoms with Gasteiger partial charge in [0.2, 0.25) is 5.91 Å². The van der Waals surface area contributed by atoms with Gasteiger partial charge in [0.05, 0.1) is 0 Å². The molecule has 2 unspecified atom stereocenters. The Morgan fingerprint density at radius 1 is 1.53 bits per heavy atom. The van der Waals surface area contributed by atoms with Gasteiger partial charge in [-0.2, -0.15) is 0 Å². The molecule has 1 aliphatic rings. The Balaban J connectivity index is 2.04. The zero-order chi connectivity index (χ0) is 13.7.